The maximum absolute atomic E-state index is 10.8. The zero-order valence-electron chi connectivity index (χ0n) is 10.8. The van der Waals surface area contributed by atoms with Crippen LogP contribution in [0.5, 0.6) is 5.75 Å². The lowest BCUT2D eigenvalue weighted by molar-refractivity contribution is -0.386. The van der Waals surface area contributed by atoms with Gasteiger partial charge < -0.3 is 14.2 Å². The summed E-state index contributed by atoms with van der Waals surface area (Å²) in [4.78, 5) is 10.3. The lowest BCUT2D eigenvalue weighted by Gasteiger charge is -2.17. The minimum Gasteiger partial charge on any atom is -0.481 e. The summed E-state index contributed by atoms with van der Waals surface area (Å²) < 4.78 is 15.9. The van der Waals surface area contributed by atoms with E-state index in [1.807, 2.05) is 13.8 Å². The fourth-order valence-electron chi connectivity index (χ4n) is 1.43. The van der Waals surface area contributed by atoms with E-state index in [0.29, 0.717) is 18.2 Å². The highest BCUT2D eigenvalue weighted by atomic mass is 35.5. The second kappa shape index (κ2) is 7.93. The van der Waals surface area contributed by atoms with Gasteiger partial charge in [-0.3, -0.25) is 10.1 Å². The first kappa shape index (κ1) is 15.7. The van der Waals surface area contributed by atoms with Gasteiger partial charge in [0.15, 0.2) is 12.0 Å². The van der Waals surface area contributed by atoms with Gasteiger partial charge in [-0.25, -0.2) is 0 Å². The van der Waals surface area contributed by atoms with Crippen molar-refractivity contribution in [3.63, 3.8) is 0 Å². The summed E-state index contributed by atoms with van der Waals surface area (Å²) in [6.45, 7) is 4.64. The van der Waals surface area contributed by atoms with E-state index in [9.17, 15) is 10.1 Å². The number of rotatable bonds is 8. The predicted molar refractivity (Wildman–Crippen MR) is 70.6 cm³/mol. The largest absolute Gasteiger partial charge is 0.481 e. The summed E-state index contributed by atoms with van der Waals surface area (Å²) in [6, 6.07) is 4.14. The fraction of sp³-hybridized carbons (Fsp3) is 0.500. The Kier molecular flexibility index (Phi) is 6.55. The number of nitrogens with zero attached hydrogens (tertiary/aromatic N) is 1. The molecule has 0 bridgehead atoms. The summed E-state index contributed by atoms with van der Waals surface area (Å²) in [5.41, 5.74) is -0.142. The number of hydrogen-bond acceptors (Lipinski definition) is 5. The van der Waals surface area contributed by atoms with Gasteiger partial charge in [0.2, 0.25) is 0 Å². The summed E-state index contributed by atoms with van der Waals surface area (Å²) in [5, 5.41) is 11.2. The molecule has 0 spiro atoms. The summed E-state index contributed by atoms with van der Waals surface area (Å²) in [7, 11) is 0. The molecule has 0 saturated carbocycles. The Hall–Kier alpha value is -1.37. The summed E-state index contributed by atoms with van der Waals surface area (Å²) in [6.07, 6.45) is -0.561. The molecule has 0 aliphatic carbocycles. The Bertz CT molecular complexity index is 421. The van der Waals surface area contributed by atoms with Crippen molar-refractivity contribution >= 4 is 17.3 Å². The monoisotopic (exact) mass is 289 g/mol. The molecule has 0 aliphatic heterocycles. The lowest BCUT2D eigenvalue weighted by atomic mass is 10.3. The van der Waals surface area contributed by atoms with Crippen molar-refractivity contribution in [2.24, 2.45) is 0 Å². The van der Waals surface area contributed by atoms with E-state index in [-0.39, 0.29) is 18.0 Å². The van der Waals surface area contributed by atoms with Gasteiger partial charge in [-0.05, 0) is 19.9 Å². The fourth-order valence-corrected chi connectivity index (χ4v) is 1.59. The molecule has 19 heavy (non-hydrogen) atoms. The number of nitro benzene ring substituents is 1. The molecule has 1 aromatic carbocycles. The van der Waals surface area contributed by atoms with Crippen LogP contribution in [0.25, 0.3) is 0 Å². The highest BCUT2D eigenvalue weighted by molar-refractivity contribution is 6.30. The molecule has 6 nitrogen and oxygen atoms in total. The van der Waals surface area contributed by atoms with E-state index in [2.05, 4.69) is 0 Å². The van der Waals surface area contributed by atoms with Crippen LogP contribution in [-0.4, -0.2) is 31.0 Å². The Morgan fingerprint density at radius 1 is 1.32 bits per heavy atom. The molecule has 7 heteroatoms. The smallest absolute Gasteiger partial charge is 0.311 e. The molecule has 0 heterocycles. The van der Waals surface area contributed by atoms with Crippen LogP contribution in [0, 0.1) is 10.1 Å². The average Bonchev–Trinajstić information content (AvgIpc) is 2.36. The van der Waals surface area contributed by atoms with Crippen LogP contribution in [0.2, 0.25) is 5.02 Å². The molecule has 1 aromatic rings. The highest BCUT2D eigenvalue weighted by Crippen LogP contribution is 2.30. The first-order valence-corrected chi connectivity index (χ1v) is 6.26. The Balaban J connectivity index is 2.74. The zero-order valence-corrected chi connectivity index (χ0v) is 11.6. The number of benzene rings is 1. The molecule has 0 amide bonds. The van der Waals surface area contributed by atoms with Crippen LogP contribution in [0.1, 0.15) is 13.8 Å². The molecule has 0 radical (unpaired) electrons. The van der Waals surface area contributed by atoms with Crippen LogP contribution in [0.15, 0.2) is 18.2 Å². The van der Waals surface area contributed by atoms with E-state index in [1.54, 1.807) is 0 Å². The minimum atomic E-state index is -0.561. The van der Waals surface area contributed by atoms with Crippen molar-refractivity contribution in [3.8, 4) is 5.75 Å². The van der Waals surface area contributed by atoms with Crippen molar-refractivity contribution in [2.45, 2.75) is 20.1 Å². The number of ether oxygens (including phenoxy) is 3. The molecule has 0 atom stereocenters. The number of nitro groups is 1. The molecule has 0 saturated heterocycles. The van der Waals surface area contributed by atoms with E-state index < -0.39 is 11.2 Å². The lowest BCUT2D eigenvalue weighted by Crippen LogP contribution is -2.25. The Morgan fingerprint density at radius 3 is 2.47 bits per heavy atom. The third kappa shape index (κ3) is 5.02. The maximum Gasteiger partial charge on any atom is 0.311 e. The van der Waals surface area contributed by atoms with Crippen LogP contribution < -0.4 is 4.74 Å². The normalized spacial score (nSPS) is 10.7. The molecule has 0 fully saturated rings. The average molecular weight is 290 g/mol. The number of hydrogen-bond donors (Lipinski definition) is 0. The molecule has 0 aliphatic rings. The Morgan fingerprint density at radius 2 is 1.95 bits per heavy atom. The van der Waals surface area contributed by atoms with Crippen LogP contribution in [0.4, 0.5) is 5.69 Å². The number of halogens is 1. The quantitative estimate of drug-likeness (QED) is 0.418. The minimum absolute atomic E-state index is 0.0584. The first-order chi connectivity index (χ1) is 9.08. The van der Waals surface area contributed by atoms with E-state index >= 15 is 0 Å². The van der Waals surface area contributed by atoms with Gasteiger partial charge in [0.1, 0.15) is 6.61 Å². The predicted octanol–water partition coefficient (Wildman–Crippen LogP) is 3.03. The van der Waals surface area contributed by atoms with Crippen molar-refractivity contribution < 1.29 is 19.1 Å². The zero-order chi connectivity index (χ0) is 14.3. The standard InChI is InChI=1S/C12H16ClNO5/c1-3-17-12(18-4-2)8-19-11-7-9(13)5-6-10(11)14(15)16/h5-7,12H,3-4,8H2,1-2H3. The second-order valence-corrected chi connectivity index (χ2v) is 3.96. The molecule has 0 unspecified atom stereocenters. The summed E-state index contributed by atoms with van der Waals surface area (Å²) >= 11 is 5.79. The molecule has 1 rings (SSSR count). The van der Waals surface area contributed by atoms with Crippen molar-refractivity contribution in [3.05, 3.63) is 33.3 Å². The van der Waals surface area contributed by atoms with Crippen molar-refractivity contribution in [1.29, 1.82) is 0 Å². The first-order valence-electron chi connectivity index (χ1n) is 5.88. The SMILES string of the molecule is CCOC(COc1cc(Cl)ccc1[N+](=O)[O-])OCC. The van der Waals surface area contributed by atoms with Gasteiger partial charge in [-0.1, -0.05) is 11.6 Å². The summed E-state index contributed by atoms with van der Waals surface area (Å²) in [5.74, 6) is 0.0990. The highest BCUT2D eigenvalue weighted by Gasteiger charge is 2.17. The maximum atomic E-state index is 10.8. The van der Waals surface area contributed by atoms with Gasteiger partial charge in [0.25, 0.3) is 0 Å². The molecular weight excluding hydrogens is 274 g/mol. The van der Waals surface area contributed by atoms with E-state index in [0.717, 1.165) is 0 Å². The van der Waals surface area contributed by atoms with Crippen molar-refractivity contribution in [2.75, 3.05) is 19.8 Å². The van der Waals surface area contributed by atoms with Crippen LogP contribution in [0.3, 0.4) is 0 Å². The van der Waals surface area contributed by atoms with Crippen LogP contribution >= 0.6 is 11.6 Å². The van der Waals surface area contributed by atoms with E-state index in [4.69, 9.17) is 25.8 Å². The second-order valence-electron chi connectivity index (χ2n) is 3.52. The molecule has 106 valence electrons. The van der Waals surface area contributed by atoms with Crippen molar-refractivity contribution in [1.82, 2.24) is 0 Å². The van der Waals surface area contributed by atoms with Gasteiger partial charge >= 0.3 is 5.69 Å². The van der Waals surface area contributed by atoms with E-state index in [1.165, 1.54) is 18.2 Å². The molecule has 0 aromatic heterocycles. The van der Waals surface area contributed by atoms with Crippen LogP contribution in [-0.2, 0) is 9.47 Å². The van der Waals surface area contributed by atoms with Gasteiger partial charge in [0.05, 0.1) is 4.92 Å². The topological polar surface area (TPSA) is 70.8 Å². The molecule has 0 N–H and O–H groups in total. The van der Waals surface area contributed by atoms with Gasteiger partial charge in [0, 0.05) is 30.4 Å². The van der Waals surface area contributed by atoms with Gasteiger partial charge in [-0.2, -0.15) is 0 Å². The molecular formula is C12H16ClNO5. The van der Waals surface area contributed by atoms with Gasteiger partial charge in [-0.15, -0.1) is 0 Å². The third-order valence-corrected chi connectivity index (χ3v) is 2.43. The Labute approximate surface area is 116 Å². The third-order valence-electron chi connectivity index (χ3n) is 2.20.